The number of ether oxygens (including phenoxy) is 1. The molecule has 2 aromatic carbocycles. The first-order chi connectivity index (χ1) is 12.8. The average molecular weight is 395 g/mol. The SMILES string of the molecule is CN1CCN(S(=O)(=O)c2ccc(Oc3ccccc3F)c([N+](=O)[O-])c2)CC1. The van der Waals surface area contributed by atoms with Crippen LogP contribution in [0.2, 0.25) is 0 Å². The van der Waals surface area contributed by atoms with Crippen LogP contribution in [-0.2, 0) is 10.0 Å². The summed E-state index contributed by atoms with van der Waals surface area (Å²) in [5.41, 5.74) is -0.548. The van der Waals surface area contributed by atoms with Gasteiger partial charge in [0.1, 0.15) is 0 Å². The Morgan fingerprint density at radius 2 is 1.74 bits per heavy atom. The van der Waals surface area contributed by atoms with E-state index in [4.69, 9.17) is 4.74 Å². The number of halogens is 1. The molecular weight excluding hydrogens is 377 g/mol. The van der Waals surface area contributed by atoms with Gasteiger partial charge in [0.2, 0.25) is 15.8 Å². The van der Waals surface area contributed by atoms with Crippen molar-refractivity contribution in [3.8, 4) is 11.5 Å². The summed E-state index contributed by atoms with van der Waals surface area (Å²) in [6, 6.07) is 8.83. The molecule has 1 aliphatic rings. The van der Waals surface area contributed by atoms with Crippen LogP contribution in [-0.4, -0.2) is 55.8 Å². The van der Waals surface area contributed by atoms with Crippen LogP contribution in [0.3, 0.4) is 0 Å². The van der Waals surface area contributed by atoms with Gasteiger partial charge < -0.3 is 9.64 Å². The first-order valence-corrected chi connectivity index (χ1v) is 9.62. The second-order valence-corrected chi connectivity index (χ2v) is 8.06. The minimum absolute atomic E-state index is 0.185. The second kappa shape index (κ2) is 7.59. The molecule has 144 valence electrons. The number of rotatable bonds is 5. The zero-order chi connectivity index (χ0) is 19.6. The van der Waals surface area contributed by atoms with E-state index in [1.165, 1.54) is 34.6 Å². The van der Waals surface area contributed by atoms with E-state index >= 15 is 0 Å². The summed E-state index contributed by atoms with van der Waals surface area (Å²) < 4.78 is 45.9. The Bertz CT molecular complexity index is 959. The van der Waals surface area contributed by atoms with E-state index in [9.17, 15) is 22.9 Å². The zero-order valence-corrected chi connectivity index (χ0v) is 15.4. The van der Waals surface area contributed by atoms with E-state index in [2.05, 4.69) is 0 Å². The van der Waals surface area contributed by atoms with Crippen LogP contribution in [0, 0.1) is 15.9 Å². The zero-order valence-electron chi connectivity index (χ0n) is 14.5. The predicted molar refractivity (Wildman–Crippen MR) is 95.8 cm³/mol. The summed E-state index contributed by atoms with van der Waals surface area (Å²) in [7, 11) is -1.97. The first kappa shape index (κ1) is 19.2. The maximum atomic E-state index is 13.7. The highest BCUT2D eigenvalue weighted by molar-refractivity contribution is 7.89. The van der Waals surface area contributed by atoms with Crippen LogP contribution < -0.4 is 4.74 Å². The lowest BCUT2D eigenvalue weighted by Gasteiger charge is -2.31. The third kappa shape index (κ3) is 4.07. The number of para-hydroxylation sites is 1. The van der Waals surface area contributed by atoms with E-state index in [1.807, 2.05) is 11.9 Å². The van der Waals surface area contributed by atoms with Gasteiger partial charge in [0, 0.05) is 32.2 Å². The van der Waals surface area contributed by atoms with E-state index < -0.39 is 26.5 Å². The van der Waals surface area contributed by atoms with Gasteiger partial charge in [0.05, 0.1) is 9.82 Å². The molecule has 0 radical (unpaired) electrons. The van der Waals surface area contributed by atoms with Crippen molar-refractivity contribution in [1.82, 2.24) is 9.21 Å². The van der Waals surface area contributed by atoms with Crippen LogP contribution in [0.25, 0.3) is 0 Å². The summed E-state index contributed by atoms with van der Waals surface area (Å²) in [6.45, 7) is 1.77. The molecule has 0 aliphatic carbocycles. The largest absolute Gasteiger partial charge is 0.447 e. The Balaban J connectivity index is 1.94. The first-order valence-electron chi connectivity index (χ1n) is 8.18. The molecule has 3 rings (SSSR count). The minimum Gasteiger partial charge on any atom is -0.447 e. The number of hydrogen-bond acceptors (Lipinski definition) is 6. The second-order valence-electron chi connectivity index (χ2n) is 6.13. The molecule has 2 aromatic rings. The molecule has 27 heavy (non-hydrogen) atoms. The molecule has 0 saturated carbocycles. The van der Waals surface area contributed by atoms with Gasteiger partial charge in [-0.25, -0.2) is 12.8 Å². The van der Waals surface area contributed by atoms with Gasteiger partial charge in [0.25, 0.3) is 0 Å². The van der Waals surface area contributed by atoms with E-state index in [0.29, 0.717) is 26.2 Å². The van der Waals surface area contributed by atoms with Crippen molar-refractivity contribution in [2.45, 2.75) is 4.90 Å². The lowest BCUT2D eigenvalue weighted by molar-refractivity contribution is -0.385. The normalized spacial score (nSPS) is 16.2. The van der Waals surface area contributed by atoms with Crippen molar-refractivity contribution < 1.29 is 22.5 Å². The number of nitro groups is 1. The average Bonchev–Trinajstić information content (AvgIpc) is 2.64. The summed E-state index contributed by atoms with van der Waals surface area (Å²) >= 11 is 0. The van der Waals surface area contributed by atoms with Crippen molar-refractivity contribution in [3.05, 3.63) is 58.4 Å². The topological polar surface area (TPSA) is 93.0 Å². The predicted octanol–water partition coefficient (Wildman–Crippen LogP) is 2.46. The van der Waals surface area contributed by atoms with E-state index in [0.717, 1.165) is 12.1 Å². The Labute approximate surface area is 156 Å². The molecule has 0 bridgehead atoms. The van der Waals surface area contributed by atoms with Crippen LogP contribution in [0.1, 0.15) is 0 Å². The van der Waals surface area contributed by atoms with Gasteiger partial charge >= 0.3 is 5.69 Å². The molecule has 1 heterocycles. The Morgan fingerprint density at radius 3 is 2.37 bits per heavy atom. The Hall–Kier alpha value is -2.56. The summed E-state index contributed by atoms with van der Waals surface area (Å²) in [6.07, 6.45) is 0. The summed E-state index contributed by atoms with van der Waals surface area (Å²) in [5.74, 6) is -1.10. The van der Waals surface area contributed by atoms with Crippen LogP contribution in [0.15, 0.2) is 47.4 Å². The monoisotopic (exact) mass is 395 g/mol. The molecule has 10 heteroatoms. The number of piperazine rings is 1. The molecule has 1 fully saturated rings. The fourth-order valence-electron chi connectivity index (χ4n) is 2.71. The number of nitrogens with zero attached hydrogens (tertiary/aromatic N) is 3. The summed E-state index contributed by atoms with van der Waals surface area (Å²) in [4.78, 5) is 12.5. The highest BCUT2D eigenvalue weighted by Crippen LogP contribution is 2.35. The Kier molecular flexibility index (Phi) is 5.40. The maximum absolute atomic E-state index is 13.7. The fraction of sp³-hybridized carbons (Fsp3) is 0.294. The fourth-order valence-corrected chi connectivity index (χ4v) is 4.15. The van der Waals surface area contributed by atoms with E-state index in [-0.39, 0.29) is 16.4 Å². The highest BCUT2D eigenvalue weighted by Gasteiger charge is 2.30. The van der Waals surface area contributed by atoms with Gasteiger partial charge in [-0.3, -0.25) is 10.1 Å². The molecule has 0 aromatic heterocycles. The number of likely N-dealkylation sites (N-methyl/N-ethyl adjacent to an activating group) is 1. The number of benzene rings is 2. The van der Waals surface area contributed by atoms with Crippen LogP contribution >= 0.6 is 0 Å². The standard InChI is InChI=1S/C17H18FN3O5S/c1-19-8-10-20(11-9-19)27(24,25)13-6-7-17(15(12-13)21(22)23)26-16-5-3-2-4-14(16)18/h2-7,12H,8-11H2,1H3. The highest BCUT2D eigenvalue weighted by atomic mass is 32.2. The third-order valence-electron chi connectivity index (χ3n) is 4.28. The maximum Gasteiger partial charge on any atom is 0.312 e. The molecule has 0 spiro atoms. The van der Waals surface area contributed by atoms with Crippen molar-refractivity contribution in [2.75, 3.05) is 33.2 Å². The molecule has 0 unspecified atom stereocenters. The van der Waals surface area contributed by atoms with Crippen molar-refractivity contribution >= 4 is 15.7 Å². The molecule has 1 aliphatic heterocycles. The Morgan fingerprint density at radius 1 is 1.07 bits per heavy atom. The molecular formula is C17H18FN3O5S. The van der Waals surface area contributed by atoms with Gasteiger partial charge in [-0.2, -0.15) is 4.31 Å². The number of nitro benzene ring substituents is 1. The van der Waals surface area contributed by atoms with E-state index in [1.54, 1.807) is 0 Å². The van der Waals surface area contributed by atoms with Gasteiger partial charge in [0.15, 0.2) is 11.6 Å². The van der Waals surface area contributed by atoms with Crippen LogP contribution in [0.4, 0.5) is 10.1 Å². The minimum atomic E-state index is -3.87. The molecule has 0 amide bonds. The van der Waals surface area contributed by atoms with Gasteiger partial charge in [-0.05, 0) is 31.3 Å². The quantitative estimate of drug-likeness (QED) is 0.570. The van der Waals surface area contributed by atoms with Crippen molar-refractivity contribution in [3.63, 3.8) is 0 Å². The number of hydrogen-bond donors (Lipinski definition) is 0. The smallest absolute Gasteiger partial charge is 0.312 e. The van der Waals surface area contributed by atoms with Crippen molar-refractivity contribution in [1.29, 1.82) is 0 Å². The molecule has 0 N–H and O–H groups in total. The van der Waals surface area contributed by atoms with Crippen molar-refractivity contribution in [2.24, 2.45) is 0 Å². The lowest BCUT2D eigenvalue weighted by Crippen LogP contribution is -2.47. The molecule has 1 saturated heterocycles. The number of sulfonamides is 1. The molecule has 0 atom stereocenters. The summed E-state index contributed by atoms with van der Waals surface area (Å²) in [5, 5.41) is 11.4. The van der Waals surface area contributed by atoms with Gasteiger partial charge in [-0.15, -0.1) is 0 Å². The molecule has 8 nitrogen and oxygen atoms in total. The lowest BCUT2D eigenvalue weighted by atomic mass is 10.3. The van der Waals surface area contributed by atoms with Crippen LogP contribution in [0.5, 0.6) is 11.5 Å². The van der Waals surface area contributed by atoms with Gasteiger partial charge in [-0.1, -0.05) is 12.1 Å². The third-order valence-corrected chi connectivity index (χ3v) is 6.18.